The molecule has 1 saturated heterocycles. The molecule has 0 spiro atoms. The third-order valence-corrected chi connectivity index (χ3v) is 7.86. The smallest absolute Gasteiger partial charge is 0.244 e. The van der Waals surface area contributed by atoms with Gasteiger partial charge in [-0.05, 0) is 41.8 Å². The normalized spacial score (nSPS) is 21.7. The van der Waals surface area contributed by atoms with E-state index in [0.29, 0.717) is 42.9 Å². The monoisotopic (exact) mass is 477 g/mol. The summed E-state index contributed by atoms with van der Waals surface area (Å²) in [7, 11) is -1.53. The average molecular weight is 478 g/mol. The first-order valence-corrected chi connectivity index (χ1v) is 12.4. The number of fused-ring (bicyclic) bond motifs is 1. The minimum Gasteiger partial charge on any atom is -0.392 e. The number of carbonyl (C=O) groups is 2. The highest BCUT2D eigenvalue weighted by Gasteiger charge is 2.31. The fourth-order valence-corrected chi connectivity index (χ4v) is 5.72. The first kappa shape index (κ1) is 23.7. The molecular weight excluding hydrogens is 449 g/mol. The van der Waals surface area contributed by atoms with E-state index in [1.807, 2.05) is 0 Å². The number of carbonyl (C=O) groups excluding carboxylic acids is 2. The van der Waals surface area contributed by atoms with Crippen molar-refractivity contribution in [3.8, 4) is 0 Å². The zero-order chi connectivity index (χ0) is 23.8. The maximum absolute atomic E-state index is 13.9. The van der Waals surface area contributed by atoms with Gasteiger partial charge in [0.05, 0.1) is 29.1 Å². The topological polar surface area (TPSA) is 113 Å². The molecule has 0 saturated carbocycles. The number of halogens is 1. The number of hydrogen-bond acceptors (Lipinski definition) is 6. The molecule has 2 aromatic carbocycles. The largest absolute Gasteiger partial charge is 0.392 e. The standard InChI is InChI=1S/C23H28FN3O5S/c1-26(20(13-27-8-7-18(28)12-27)16-3-2-4-17(24)11-16)23(30)10-15-5-6-21-19(9-15)25-22(29)14-33(21,31)32/h2-6,9,11,18,20,28,31-32H,7-8,10,12-14H2,1H3,(H,25,29)/t18?,20-/m1/s1. The number of likely N-dealkylation sites (N-methyl/N-ethyl adjacent to an activating group) is 1. The van der Waals surface area contributed by atoms with Gasteiger partial charge in [-0.1, -0.05) is 18.2 Å². The second-order valence-corrected chi connectivity index (χ2v) is 10.7. The summed E-state index contributed by atoms with van der Waals surface area (Å²) in [6.07, 6.45) is 0.276. The zero-order valence-electron chi connectivity index (χ0n) is 18.3. The first-order valence-electron chi connectivity index (χ1n) is 10.7. The van der Waals surface area contributed by atoms with Gasteiger partial charge < -0.3 is 15.3 Å². The van der Waals surface area contributed by atoms with Gasteiger partial charge in [-0.15, -0.1) is 0 Å². The summed E-state index contributed by atoms with van der Waals surface area (Å²) in [4.78, 5) is 28.9. The lowest BCUT2D eigenvalue weighted by molar-refractivity contribution is -0.131. The third-order valence-electron chi connectivity index (χ3n) is 6.13. The minimum atomic E-state index is -3.19. The van der Waals surface area contributed by atoms with Gasteiger partial charge >= 0.3 is 0 Å². The fourth-order valence-electron chi connectivity index (χ4n) is 4.38. The van der Waals surface area contributed by atoms with Crippen LogP contribution >= 0.6 is 10.6 Å². The van der Waals surface area contributed by atoms with Crippen LogP contribution in [0, 0.1) is 5.82 Å². The molecule has 2 aromatic rings. The number of aliphatic hydroxyl groups is 1. The predicted octanol–water partition coefficient (Wildman–Crippen LogP) is 2.70. The predicted molar refractivity (Wildman–Crippen MR) is 124 cm³/mol. The number of anilines is 1. The van der Waals surface area contributed by atoms with Crippen LogP contribution in [0.3, 0.4) is 0 Å². The summed E-state index contributed by atoms with van der Waals surface area (Å²) in [6, 6.07) is 10.5. The maximum atomic E-state index is 13.9. The molecule has 2 amide bonds. The molecule has 10 heteroatoms. The van der Waals surface area contributed by atoms with Crippen molar-refractivity contribution in [3.05, 3.63) is 59.4 Å². The summed E-state index contributed by atoms with van der Waals surface area (Å²) >= 11 is 0. The molecule has 4 N–H and O–H groups in total. The van der Waals surface area contributed by atoms with Crippen LogP contribution in [0.25, 0.3) is 0 Å². The van der Waals surface area contributed by atoms with Crippen LogP contribution < -0.4 is 5.32 Å². The van der Waals surface area contributed by atoms with Gasteiger partial charge in [-0.25, -0.2) is 4.39 Å². The zero-order valence-corrected chi connectivity index (χ0v) is 19.1. The van der Waals surface area contributed by atoms with Crippen molar-refractivity contribution in [2.75, 3.05) is 37.8 Å². The molecule has 0 aliphatic carbocycles. The van der Waals surface area contributed by atoms with E-state index in [0.717, 1.165) is 0 Å². The summed E-state index contributed by atoms with van der Waals surface area (Å²) in [5, 5.41) is 12.5. The highest BCUT2D eigenvalue weighted by Crippen LogP contribution is 2.53. The van der Waals surface area contributed by atoms with E-state index in [9.17, 15) is 28.2 Å². The van der Waals surface area contributed by atoms with Crippen LogP contribution in [-0.2, 0) is 16.0 Å². The Balaban J connectivity index is 1.54. The fraction of sp³-hybridized carbons (Fsp3) is 0.391. The van der Waals surface area contributed by atoms with Gasteiger partial charge in [0.25, 0.3) is 0 Å². The van der Waals surface area contributed by atoms with Gasteiger partial charge in [0, 0.05) is 26.7 Å². The van der Waals surface area contributed by atoms with Crippen LogP contribution in [0.4, 0.5) is 10.1 Å². The second-order valence-electron chi connectivity index (χ2n) is 8.64. The minimum absolute atomic E-state index is 0.0211. The molecule has 1 unspecified atom stereocenters. The Morgan fingerprint density at radius 3 is 2.79 bits per heavy atom. The molecule has 0 aromatic heterocycles. The summed E-state index contributed by atoms with van der Waals surface area (Å²) in [6.45, 7) is 1.67. The van der Waals surface area contributed by atoms with Crippen LogP contribution in [0.1, 0.15) is 23.6 Å². The number of amides is 2. The highest BCUT2D eigenvalue weighted by atomic mass is 32.3. The van der Waals surface area contributed by atoms with Gasteiger partial charge in [0.15, 0.2) is 0 Å². The molecule has 2 aliphatic heterocycles. The van der Waals surface area contributed by atoms with Gasteiger partial charge in [-0.2, -0.15) is 10.6 Å². The molecule has 8 nitrogen and oxygen atoms in total. The number of hydrogen-bond donors (Lipinski definition) is 4. The Morgan fingerprint density at radius 1 is 1.30 bits per heavy atom. The van der Waals surface area contributed by atoms with E-state index < -0.39 is 28.6 Å². The molecule has 178 valence electrons. The molecular formula is C23H28FN3O5S. The average Bonchev–Trinajstić information content (AvgIpc) is 3.15. The van der Waals surface area contributed by atoms with Crippen molar-refractivity contribution >= 4 is 28.1 Å². The lowest BCUT2D eigenvalue weighted by Crippen LogP contribution is -2.39. The van der Waals surface area contributed by atoms with Crippen molar-refractivity contribution < 1.29 is 28.2 Å². The Morgan fingerprint density at radius 2 is 2.09 bits per heavy atom. The Hall–Kier alpha value is -2.50. The molecule has 4 rings (SSSR count). The lowest BCUT2D eigenvalue weighted by Gasteiger charge is -2.37. The van der Waals surface area contributed by atoms with Crippen molar-refractivity contribution in [1.29, 1.82) is 0 Å². The quantitative estimate of drug-likeness (QED) is 0.509. The molecule has 0 bridgehead atoms. The molecule has 2 heterocycles. The number of likely N-dealkylation sites (tertiary alicyclic amines) is 1. The van der Waals surface area contributed by atoms with Gasteiger partial charge in [0.2, 0.25) is 11.8 Å². The lowest BCUT2D eigenvalue weighted by atomic mass is 10.0. The third kappa shape index (κ3) is 5.36. The van der Waals surface area contributed by atoms with E-state index in [4.69, 9.17) is 0 Å². The Bertz CT molecular complexity index is 1070. The number of aliphatic hydroxyl groups excluding tert-OH is 1. The number of rotatable bonds is 6. The number of nitrogens with zero attached hydrogens (tertiary/aromatic N) is 2. The van der Waals surface area contributed by atoms with Crippen molar-refractivity contribution in [2.45, 2.75) is 29.9 Å². The van der Waals surface area contributed by atoms with E-state index in [1.165, 1.54) is 18.2 Å². The molecule has 33 heavy (non-hydrogen) atoms. The van der Waals surface area contributed by atoms with E-state index in [1.54, 1.807) is 36.2 Å². The first-order chi connectivity index (χ1) is 15.6. The van der Waals surface area contributed by atoms with E-state index in [-0.39, 0.29) is 28.8 Å². The number of benzene rings is 2. The number of nitrogens with one attached hydrogen (secondary N) is 1. The Labute approximate surface area is 193 Å². The second kappa shape index (κ2) is 9.40. The Kier molecular flexibility index (Phi) is 6.73. The summed E-state index contributed by atoms with van der Waals surface area (Å²) < 4.78 is 34.3. The SMILES string of the molecule is CN(C(=O)Cc1ccc2c(c1)NC(=O)CS2(O)O)[C@H](CN1CCC(O)C1)c1cccc(F)c1. The number of β-amino-alcohol motifs (C(OH)–C–C–N with tert-alkyl or cyclic N) is 1. The van der Waals surface area contributed by atoms with Crippen LogP contribution in [0.15, 0.2) is 47.4 Å². The van der Waals surface area contributed by atoms with Crippen molar-refractivity contribution in [1.82, 2.24) is 9.80 Å². The van der Waals surface area contributed by atoms with E-state index >= 15 is 0 Å². The van der Waals surface area contributed by atoms with Crippen LogP contribution in [-0.4, -0.2) is 74.4 Å². The van der Waals surface area contributed by atoms with Crippen molar-refractivity contribution in [3.63, 3.8) is 0 Å². The molecule has 2 atom stereocenters. The molecule has 0 radical (unpaired) electrons. The summed E-state index contributed by atoms with van der Waals surface area (Å²) in [5.41, 5.74) is 1.57. The van der Waals surface area contributed by atoms with Gasteiger partial charge in [0.1, 0.15) is 11.6 Å². The van der Waals surface area contributed by atoms with Crippen LogP contribution in [0.5, 0.6) is 0 Å². The maximum Gasteiger partial charge on any atom is 0.244 e. The molecule has 1 fully saturated rings. The van der Waals surface area contributed by atoms with Crippen LogP contribution in [0.2, 0.25) is 0 Å². The highest BCUT2D eigenvalue weighted by molar-refractivity contribution is 8.25. The summed E-state index contributed by atoms with van der Waals surface area (Å²) in [5.74, 6) is -1.45. The molecule has 2 aliphatic rings. The van der Waals surface area contributed by atoms with E-state index in [2.05, 4.69) is 10.2 Å². The van der Waals surface area contributed by atoms with Crippen molar-refractivity contribution in [2.24, 2.45) is 0 Å². The van der Waals surface area contributed by atoms with Gasteiger partial charge in [-0.3, -0.25) is 23.6 Å².